The molecule has 0 unspecified atom stereocenters. The fourth-order valence-electron chi connectivity index (χ4n) is 3.80. The number of methoxy groups -OCH3 is 2. The molecule has 3 aromatic rings. The van der Waals surface area contributed by atoms with Crippen LogP contribution in [-0.4, -0.2) is 65.9 Å². The SMILES string of the molecule is COc1ccc(-c2nn(Cc3ccccc3)cc2CN(C)CC(C)(CO)CO)cc1OC. The molecule has 0 aliphatic rings. The van der Waals surface area contributed by atoms with Crippen LogP contribution < -0.4 is 9.47 Å². The zero-order valence-electron chi connectivity index (χ0n) is 19.3. The van der Waals surface area contributed by atoms with Crippen LogP contribution in [0.2, 0.25) is 0 Å². The van der Waals surface area contributed by atoms with Crippen molar-refractivity contribution in [2.75, 3.05) is 41.0 Å². The summed E-state index contributed by atoms with van der Waals surface area (Å²) in [4.78, 5) is 2.10. The van der Waals surface area contributed by atoms with Gasteiger partial charge < -0.3 is 24.6 Å². The van der Waals surface area contributed by atoms with Crippen molar-refractivity contribution < 1.29 is 19.7 Å². The maximum Gasteiger partial charge on any atom is 0.161 e. The molecule has 7 nitrogen and oxygen atoms in total. The number of aliphatic hydroxyl groups is 2. The summed E-state index contributed by atoms with van der Waals surface area (Å²) in [5, 5.41) is 24.2. The maximum absolute atomic E-state index is 9.68. The van der Waals surface area contributed by atoms with Crippen LogP contribution in [0.1, 0.15) is 18.1 Å². The van der Waals surface area contributed by atoms with Crippen LogP contribution in [0.15, 0.2) is 54.7 Å². The lowest BCUT2D eigenvalue weighted by molar-refractivity contribution is 0.0402. The Balaban J connectivity index is 1.95. The molecule has 172 valence electrons. The smallest absolute Gasteiger partial charge is 0.161 e. The van der Waals surface area contributed by atoms with E-state index in [0.29, 0.717) is 31.1 Å². The second-order valence-electron chi connectivity index (χ2n) is 8.56. The van der Waals surface area contributed by atoms with Crippen LogP contribution in [0.3, 0.4) is 0 Å². The summed E-state index contributed by atoms with van der Waals surface area (Å²) in [6, 6.07) is 16.0. The van der Waals surface area contributed by atoms with Gasteiger partial charge in [0.2, 0.25) is 0 Å². The summed E-state index contributed by atoms with van der Waals surface area (Å²) in [6.45, 7) is 3.55. The highest BCUT2D eigenvalue weighted by molar-refractivity contribution is 5.66. The first-order valence-corrected chi connectivity index (χ1v) is 10.6. The van der Waals surface area contributed by atoms with Crippen LogP contribution in [-0.2, 0) is 13.1 Å². The van der Waals surface area contributed by atoms with Crippen molar-refractivity contribution in [1.82, 2.24) is 14.7 Å². The number of ether oxygens (including phenoxy) is 2. The Morgan fingerprint density at radius 3 is 2.31 bits per heavy atom. The van der Waals surface area contributed by atoms with E-state index in [4.69, 9.17) is 14.6 Å². The molecule has 0 atom stereocenters. The normalized spacial score (nSPS) is 11.7. The van der Waals surface area contributed by atoms with Crippen molar-refractivity contribution in [3.63, 3.8) is 0 Å². The first-order chi connectivity index (χ1) is 15.4. The largest absolute Gasteiger partial charge is 0.493 e. The fraction of sp³-hybridized carbons (Fsp3) is 0.400. The van der Waals surface area contributed by atoms with E-state index in [1.165, 1.54) is 5.56 Å². The van der Waals surface area contributed by atoms with E-state index in [9.17, 15) is 10.2 Å². The molecule has 32 heavy (non-hydrogen) atoms. The van der Waals surface area contributed by atoms with Gasteiger partial charge in [-0.05, 0) is 30.8 Å². The van der Waals surface area contributed by atoms with Gasteiger partial charge >= 0.3 is 0 Å². The summed E-state index contributed by atoms with van der Waals surface area (Å²) < 4.78 is 12.8. The predicted molar refractivity (Wildman–Crippen MR) is 125 cm³/mol. The lowest BCUT2D eigenvalue weighted by Crippen LogP contribution is -2.38. The van der Waals surface area contributed by atoms with E-state index in [0.717, 1.165) is 16.8 Å². The van der Waals surface area contributed by atoms with Gasteiger partial charge in [0, 0.05) is 35.8 Å². The lowest BCUT2D eigenvalue weighted by Gasteiger charge is -2.30. The van der Waals surface area contributed by atoms with Gasteiger partial charge in [-0.25, -0.2) is 0 Å². The van der Waals surface area contributed by atoms with Crippen LogP contribution in [0.4, 0.5) is 0 Å². The highest BCUT2D eigenvalue weighted by Crippen LogP contribution is 2.33. The Bertz CT molecular complexity index is 1000. The highest BCUT2D eigenvalue weighted by Gasteiger charge is 2.25. The molecule has 0 radical (unpaired) electrons. The molecule has 0 aliphatic carbocycles. The number of benzene rings is 2. The Hall–Kier alpha value is -2.87. The Kier molecular flexibility index (Phi) is 7.90. The minimum Gasteiger partial charge on any atom is -0.493 e. The molecular formula is C25H33N3O4. The zero-order valence-corrected chi connectivity index (χ0v) is 19.3. The first kappa shape index (κ1) is 23.8. The summed E-state index contributed by atoms with van der Waals surface area (Å²) in [5.41, 5.74) is 3.45. The molecule has 3 rings (SSSR count). The topological polar surface area (TPSA) is 80.0 Å². The molecule has 1 aromatic heterocycles. The number of hydrogen-bond donors (Lipinski definition) is 2. The van der Waals surface area contributed by atoms with E-state index in [1.807, 2.05) is 55.1 Å². The number of aliphatic hydroxyl groups excluding tert-OH is 2. The van der Waals surface area contributed by atoms with E-state index in [1.54, 1.807) is 14.2 Å². The van der Waals surface area contributed by atoms with Gasteiger partial charge in [0.1, 0.15) is 0 Å². The van der Waals surface area contributed by atoms with Crippen LogP contribution in [0, 0.1) is 5.41 Å². The Morgan fingerprint density at radius 1 is 1.00 bits per heavy atom. The summed E-state index contributed by atoms with van der Waals surface area (Å²) in [5.74, 6) is 1.32. The van der Waals surface area contributed by atoms with E-state index < -0.39 is 5.41 Å². The average molecular weight is 440 g/mol. The molecule has 2 aromatic carbocycles. The monoisotopic (exact) mass is 439 g/mol. The van der Waals surface area contributed by atoms with Gasteiger partial charge in [0.05, 0.1) is 39.7 Å². The standard InChI is InChI=1S/C25H33N3O4/c1-25(17-29,18-30)16-27(2)14-21-15-28(13-19-8-6-5-7-9-19)26-24(21)20-10-11-22(31-3)23(12-20)32-4/h5-12,15,29-30H,13-14,16-18H2,1-4H3. The van der Waals surface area contributed by atoms with Gasteiger partial charge in [0.15, 0.2) is 11.5 Å². The van der Waals surface area contributed by atoms with Crippen molar-refractivity contribution in [1.29, 1.82) is 0 Å². The minimum atomic E-state index is -0.571. The molecule has 0 saturated heterocycles. The van der Waals surface area contributed by atoms with Crippen LogP contribution in [0.25, 0.3) is 11.3 Å². The van der Waals surface area contributed by atoms with Crippen molar-refractivity contribution in [3.05, 3.63) is 65.9 Å². The first-order valence-electron chi connectivity index (χ1n) is 10.6. The molecule has 0 aliphatic heterocycles. The maximum atomic E-state index is 9.68. The third-order valence-electron chi connectivity index (χ3n) is 5.54. The van der Waals surface area contributed by atoms with Gasteiger partial charge in [0.25, 0.3) is 0 Å². The van der Waals surface area contributed by atoms with Crippen molar-refractivity contribution >= 4 is 0 Å². The predicted octanol–water partition coefficient (Wildman–Crippen LogP) is 3.04. The molecule has 0 amide bonds. The van der Waals surface area contributed by atoms with Crippen molar-refractivity contribution in [2.45, 2.75) is 20.0 Å². The molecule has 0 saturated carbocycles. The van der Waals surface area contributed by atoms with Gasteiger partial charge in [-0.1, -0.05) is 37.3 Å². The van der Waals surface area contributed by atoms with E-state index in [-0.39, 0.29) is 13.2 Å². The van der Waals surface area contributed by atoms with Gasteiger partial charge in [-0.2, -0.15) is 5.10 Å². The second kappa shape index (κ2) is 10.6. The molecular weight excluding hydrogens is 406 g/mol. The number of nitrogens with zero attached hydrogens (tertiary/aromatic N) is 3. The molecule has 2 N–H and O–H groups in total. The van der Waals surface area contributed by atoms with Crippen LogP contribution in [0.5, 0.6) is 11.5 Å². The highest BCUT2D eigenvalue weighted by atomic mass is 16.5. The summed E-state index contributed by atoms with van der Waals surface area (Å²) in [7, 11) is 5.22. The summed E-state index contributed by atoms with van der Waals surface area (Å²) >= 11 is 0. The number of rotatable bonds is 11. The number of aromatic nitrogens is 2. The summed E-state index contributed by atoms with van der Waals surface area (Å²) in [6.07, 6.45) is 2.06. The molecule has 7 heteroatoms. The average Bonchev–Trinajstić information content (AvgIpc) is 3.20. The third-order valence-corrected chi connectivity index (χ3v) is 5.54. The van der Waals surface area contributed by atoms with Gasteiger partial charge in [-0.3, -0.25) is 4.68 Å². The Morgan fingerprint density at radius 2 is 1.69 bits per heavy atom. The van der Waals surface area contributed by atoms with Crippen LogP contribution >= 0.6 is 0 Å². The minimum absolute atomic E-state index is 0.0797. The zero-order chi connectivity index (χ0) is 23.1. The quantitative estimate of drug-likeness (QED) is 0.478. The lowest BCUT2D eigenvalue weighted by atomic mass is 9.92. The third kappa shape index (κ3) is 5.68. The van der Waals surface area contributed by atoms with E-state index in [2.05, 4.69) is 23.2 Å². The molecule has 0 bridgehead atoms. The van der Waals surface area contributed by atoms with Crippen molar-refractivity contribution in [3.8, 4) is 22.8 Å². The Labute approximate surface area is 189 Å². The molecule has 1 heterocycles. The number of hydrogen-bond acceptors (Lipinski definition) is 6. The van der Waals surface area contributed by atoms with Gasteiger partial charge in [-0.15, -0.1) is 0 Å². The fourth-order valence-corrected chi connectivity index (χ4v) is 3.80. The second-order valence-corrected chi connectivity index (χ2v) is 8.56. The molecule has 0 spiro atoms. The molecule has 0 fully saturated rings. The van der Waals surface area contributed by atoms with Crippen molar-refractivity contribution in [2.24, 2.45) is 5.41 Å². The van der Waals surface area contributed by atoms with E-state index >= 15 is 0 Å².